The third-order valence-electron chi connectivity index (χ3n) is 2.85. The summed E-state index contributed by atoms with van der Waals surface area (Å²) in [6, 6.07) is 2.30. The van der Waals surface area contributed by atoms with E-state index in [0.29, 0.717) is 6.42 Å². The third-order valence-corrected chi connectivity index (χ3v) is 5.95. The molecule has 0 bridgehead atoms. The molecule has 7 nitrogen and oxygen atoms in total. The van der Waals surface area contributed by atoms with E-state index in [9.17, 15) is 30.4 Å². The number of hydrogen-bond acceptors (Lipinski definition) is 5. The van der Waals surface area contributed by atoms with Crippen molar-refractivity contribution >= 4 is 25.8 Å². The quantitative estimate of drug-likeness (QED) is 0.709. The Kier molecular flexibility index (Phi) is 6.19. The Morgan fingerprint density at radius 1 is 1.17 bits per heavy atom. The van der Waals surface area contributed by atoms with Gasteiger partial charge in [0.05, 0.1) is 4.90 Å². The van der Waals surface area contributed by atoms with E-state index in [1.165, 1.54) is 0 Å². The minimum absolute atomic E-state index is 0.0433. The fraction of sp³-hybridized carbons (Fsp3) is 0.417. The van der Waals surface area contributed by atoms with Crippen molar-refractivity contribution in [2.45, 2.75) is 41.4 Å². The minimum atomic E-state index is -5.16. The summed E-state index contributed by atoms with van der Waals surface area (Å²) in [7, 11) is -9.78. The molecule has 1 unspecified atom stereocenters. The molecule has 0 aliphatic rings. The molecule has 0 amide bonds. The zero-order valence-electron chi connectivity index (χ0n) is 11.9. The van der Waals surface area contributed by atoms with E-state index < -0.39 is 47.4 Å². The SMILES string of the molecule is CCCC(NS(=O)(=O)c1ccccc1S(=O)(=O)C(F)F)C(=O)O. The lowest BCUT2D eigenvalue weighted by molar-refractivity contribution is -0.139. The molecule has 0 aliphatic heterocycles. The number of aliphatic carboxylic acids is 1. The molecule has 1 rings (SSSR count). The summed E-state index contributed by atoms with van der Waals surface area (Å²) in [4.78, 5) is 9.03. The van der Waals surface area contributed by atoms with Crippen molar-refractivity contribution in [3.63, 3.8) is 0 Å². The molecule has 0 saturated carbocycles. The normalized spacial score (nSPS) is 13.9. The number of carboxylic acid groups (broad SMARTS) is 1. The average molecular weight is 371 g/mol. The zero-order valence-corrected chi connectivity index (χ0v) is 13.6. The van der Waals surface area contributed by atoms with Gasteiger partial charge in [0.25, 0.3) is 0 Å². The topological polar surface area (TPSA) is 118 Å². The van der Waals surface area contributed by atoms with Crippen molar-refractivity contribution < 1.29 is 35.5 Å². The van der Waals surface area contributed by atoms with Gasteiger partial charge < -0.3 is 5.11 Å². The Labute approximate surface area is 132 Å². The lowest BCUT2D eigenvalue weighted by Gasteiger charge is -2.16. The number of benzene rings is 1. The van der Waals surface area contributed by atoms with E-state index in [1.54, 1.807) is 6.92 Å². The fourth-order valence-electron chi connectivity index (χ4n) is 1.78. The van der Waals surface area contributed by atoms with Gasteiger partial charge in [-0.1, -0.05) is 25.5 Å². The number of alkyl halides is 2. The molecular formula is C12H15F2NO6S2. The van der Waals surface area contributed by atoms with Crippen molar-refractivity contribution in [1.29, 1.82) is 0 Å². The molecular weight excluding hydrogens is 356 g/mol. The van der Waals surface area contributed by atoms with Gasteiger partial charge in [0.15, 0.2) is 0 Å². The van der Waals surface area contributed by atoms with Crippen LogP contribution in [0.3, 0.4) is 0 Å². The Balaban J connectivity index is 3.38. The van der Waals surface area contributed by atoms with Gasteiger partial charge in [-0.3, -0.25) is 4.79 Å². The van der Waals surface area contributed by atoms with Crippen LogP contribution in [0.2, 0.25) is 0 Å². The van der Waals surface area contributed by atoms with Crippen LogP contribution in [-0.2, 0) is 24.7 Å². The molecule has 0 fully saturated rings. The number of sulfone groups is 1. The summed E-state index contributed by atoms with van der Waals surface area (Å²) in [5.41, 5.74) is 0. The Bertz CT molecular complexity index is 776. The van der Waals surface area contributed by atoms with Gasteiger partial charge in [0.2, 0.25) is 19.9 Å². The van der Waals surface area contributed by atoms with E-state index in [0.717, 1.165) is 24.3 Å². The summed E-state index contributed by atoms with van der Waals surface area (Å²) >= 11 is 0. The van der Waals surface area contributed by atoms with Crippen LogP contribution in [0.25, 0.3) is 0 Å². The number of nitrogens with one attached hydrogen (secondary N) is 1. The monoisotopic (exact) mass is 371 g/mol. The molecule has 1 aromatic rings. The Morgan fingerprint density at radius 2 is 1.70 bits per heavy atom. The lowest BCUT2D eigenvalue weighted by atomic mass is 10.2. The van der Waals surface area contributed by atoms with Crippen LogP contribution >= 0.6 is 0 Å². The summed E-state index contributed by atoms with van der Waals surface area (Å²) < 4.78 is 74.8. The predicted molar refractivity (Wildman–Crippen MR) is 76.3 cm³/mol. The fourth-order valence-corrected chi connectivity index (χ4v) is 4.57. The van der Waals surface area contributed by atoms with Crippen LogP contribution in [0.15, 0.2) is 34.1 Å². The van der Waals surface area contributed by atoms with E-state index in [4.69, 9.17) is 5.11 Å². The third kappa shape index (κ3) is 4.45. The lowest BCUT2D eigenvalue weighted by Crippen LogP contribution is -2.41. The Hall–Kier alpha value is -1.59. The molecule has 0 aliphatic carbocycles. The molecule has 11 heteroatoms. The summed E-state index contributed by atoms with van der Waals surface area (Å²) in [6.07, 6.45) is 0.300. The molecule has 2 N–H and O–H groups in total. The predicted octanol–water partition coefficient (Wildman–Crippen LogP) is 1.21. The van der Waals surface area contributed by atoms with Gasteiger partial charge in [-0.15, -0.1) is 0 Å². The molecule has 0 radical (unpaired) electrons. The number of halogens is 2. The minimum Gasteiger partial charge on any atom is -0.480 e. The molecule has 0 spiro atoms. The maximum Gasteiger partial charge on any atom is 0.341 e. The second kappa shape index (κ2) is 7.32. The second-order valence-electron chi connectivity index (χ2n) is 4.55. The van der Waals surface area contributed by atoms with E-state index in [-0.39, 0.29) is 6.42 Å². The first-order valence-corrected chi connectivity index (χ1v) is 9.43. The van der Waals surface area contributed by atoms with Crippen LogP contribution in [-0.4, -0.2) is 39.7 Å². The van der Waals surface area contributed by atoms with Crippen molar-refractivity contribution in [3.8, 4) is 0 Å². The van der Waals surface area contributed by atoms with Crippen LogP contribution < -0.4 is 4.72 Å². The first kappa shape index (κ1) is 19.5. The van der Waals surface area contributed by atoms with Gasteiger partial charge in [0.1, 0.15) is 10.9 Å². The molecule has 1 atom stereocenters. The van der Waals surface area contributed by atoms with Crippen molar-refractivity contribution in [2.75, 3.05) is 0 Å². The van der Waals surface area contributed by atoms with Gasteiger partial charge in [-0.25, -0.2) is 16.8 Å². The van der Waals surface area contributed by atoms with Gasteiger partial charge in [0, 0.05) is 0 Å². The molecule has 130 valence electrons. The zero-order chi connectivity index (χ0) is 17.8. The molecule has 23 heavy (non-hydrogen) atoms. The van der Waals surface area contributed by atoms with Crippen LogP contribution in [0.1, 0.15) is 19.8 Å². The number of hydrogen-bond donors (Lipinski definition) is 2. The Morgan fingerprint density at radius 3 is 2.13 bits per heavy atom. The maximum absolute atomic E-state index is 12.7. The molecule has 0 heterocycles. The maximum atomic E-state index is 12.7. The highest BCUT2D eigenvalue weighted by molar-refractivity contribution is 7.94. The highest BCUT2D eigenvalue weighted by Gasteiger charge is 2.34. The average Bonchev–Trinajstić information content (AvgIpc) is 2.46. The number of rotatable bonds is 8. The van der Waals surface area contributed by atoms with E-state index in [2.05, 4.69) is 0 Å². The summed E-state index contributed by atoms with van der Waals surface area (Å²) in [5, 5.41) is 8.97. The van der Waals surface area contributed by atoms with Crippen LogP contribution in [0.5, 0.6) is 0 Å². The van der Waals surface area contributed by atoms with Crippen molar-refractivity contribution in [3.05, 3.63) is 24.3 Å². The highest BCUT2D eigenvalue weighted by Crippen LogP contribution is 2.25. The van der Waals surface area contributed by atoms with Gasteiger partial charge in [-0.2, -0.15) is 13.5 Å². The molecule has 0 saturated heterocycles. The number of carbonyl (C=O) groups is 1. The van der Waals surface area contributed by atoms with Crippen molar-refractivity contribution in [1.82, 2.24) is 4.72 Å². The largest absolute Gasteiger partial charge is 0.480 e. The number of carboxylic acids is 1. The number of sulfonamides is 1. The van der Waals surface area contributed by atoms with E-state index in [1.807, 2.05) is 4.72 Å². The second-order valence-corrected chi connectivity index (χ2v) is 8.12. The first-order chi connectivity index (χ1) is 10.5. The standard InChI is InChI=1S/C12H15F2NO6S2/c1-2-5-8(11(16)17)15-23(20,21)10-7-4-3-6-9(10)22(18,19)12(13)14/h3-4,6-8,12,15H,2,5H2,1H3,(H,16,17). The smallest absolute Gasteiger partial charge is 0.341 e. The summed E-state index contributed by atoms with van der Waals surface area (Å²) in [5.74, 6) is -5.26. The highest BCUT2D eigenvalue weighted by atomic mass is 32.2. The molecule has 1 aromatic carbocycles. The molecule has 0 aromatic heterocycles. The van der Waals surface area contributed by atoms with Gasteiger partial charge >= 0.3 is 11.7 Å². The van der Waals surface area contributed by atoms with Crippen molar-refractivity contribution in [2.24, 2.45) is 0 Å². The van der Waals surface area contributed by atoms with E-state index >= 15 is 0 Å². The summed E-state index contributed by atoms with van der Waals surface area (Å²) in [6.45, 7) is 1.62. The van der Waals surface area contributed by atoms with Gasteiger partial charge in [-0.05, 0) is 18.6 Å². The van der Waals surface area contributed by atoms with Crippen LogP contribution in [0.4, 0.5) is 8.78 Å². The van der Waals surface area contributed by atoms with Crippen LogP contribution in [0, 0.1) is 0 Å². The first-order valence-electron chi connectivity index (χ1n) is 6.40.